The molecule has 1 N–H and O–H groups in total. The molecule has 1 amide bonds. The Bertz CT molecular complexity index is 614. The predicted molar refractivity (Wildman–Crippen MR) is 79.7 cm³/mol. The van der Waals surface area contributed by atoms with E-state index in [1.165, 1.54) is 7.11 Å². The first kappa shape index (κ1) is 14.8. The maximum atomic E-state index is 12.4. The van der Waals surface area contributed by atoms with Gasteiger partial charge in [-0.15, -0.1) is 0 Å². The fraction of sp³-hybridized carbons (Fsp3) is 0.250. The summed E-state index contributed by atoms with van der Waals surface area (Å²) >= 11 is 0. The molecule has 0 bridgehead atoms. The summed E-state index contributed by atoms with van der Waals surface area (Å²) in [5.74, 6) is 0.746. The Morgan fingerprint density at radius 3 is 2.48 bits per heavy atom. The molecule has 0 spiro atoms. The van der Waals surface area contributed by atoms with Crippen LogP contribution in [-0.4, -0.2) is 25.1 Å². The van der Waals surface area contributed by atoms with E-state index >= 15 is 0 Å². The number of carbonyl (C=O) groups is 1. The number of hydrogen-bond donors (Lipinski definition) is 1. The van der Waals surface area contributed by atoms with Crippen molar-refractivity contribution in [3.8, 4) is 11.5 Å². The van der Waals surface area contributed by atoms with Crippen LogP contribution in [0.3, 0.4) is 0 Å². The maximum absolute atomic E-state index is 12.4. The second kappa shape index (κ2) is 6.74. The molecule has 2 aromatic rings. The van der Waals surface area contributed by atoms with Gasteiger partial charge in [0.2, 0.25) is 0 Å². The standard InChI is InChI=1S/C16H18N2O3/c1-11(12-7-9-17-10-8-12)18-16(19)13-5-4-6-14(20-2)15(13)21-3/h4-11H,1-3H3,(H,18,19)/t11-/m1/s1. The molecule has 5 heteroatoms. The summed E-state index contributed by atoms with van der Waals surface area (Å²) in [6.07, 6.45) is 3.40. The molecule has 0 aliphatic carbocycles. The number of para-hydroxylation sites is 1. The van der Waals surface area contributed by atoms with Crippen molar-refractivity contribution < 1.29 is 14.3 Å². The van der Waals surface area contributed by atoms with Crippen molar-refractivity contribution in [1.82, 2.24) is 10.3 Å². The second-order valence-corrected chi connectivity index (χ2v) is 4.52. The summed E-state index contributed by atoms with van der Waals surface area (Å²) in [5, 5.41) is 2.94. The van der Waals surface area contributed by atoms with Gasteiger partial charge in [0.05, 0.1) is 25.8 Å². The predicted octanol–water partition coefficient (Wildman–Crippen LogP) is 2.59. The number of benzene rings is 1. The smallest absolute Gasteiger partial charge is 0.255 e. The van der Waals surface area contributed by atoms with Gasteiger partial charge in [-0.05, 0) is 36.8 Å². The lowest BCUT2D eigenvalue weighted by Gasteiger charge is -2.16. The Labute approximate surface area is 123 Å². The van der Waals surface area contributed by atoms with Crippen LogP contribution >= 0.6 is 0 Å². The quantitative estimate of drug-likeness (QED) is 0.917. The molecule has 1 aromatic carbocycles. The number of carbonyl (C=O) groups excluding carboxylic acids is 1. The minimum atomic E-state index is -0.213. The molecule has 21 heavy (non-hydrogen) atoms. The molecule has 1 aromatic heterocycles. The molecular weight excluding hydrogens is 268 g/mol. The Morgan fingerprint density at radius 2 is 1.86 bits per heavy atom. The number of aromatic nitrogens is 1. The molecule has 0 unspecified atom stereocenters. The van der Waals surface area contributed by atoms with E-state index < -0.39 is 0 Å². The summed E-state index contributed by atoms with van der Waals surface area (Å²) in [5.41, 5.74) is 1.43. The third-order valence-corrected chi connectivity index (χ3v) is 3.20. The zero-order valence-corrected chi connectivity index (χ0v) is 12.3. The van der Waals surface area contributed by atoms with Crippen molar-refractivity contribution in [2.24, 2.45) is 0 Å². The number of methoxy groups -OCH3 is 2. The van der Waals surface area contributed by atoms with Crippen molar-refractivity contribution >= 4 is 5.91 Å². The molecule has 1 heterocycles. The lowest BCUT2D eigenvalue weighted by Crippen LogP contribution is -2.27. The number of nitrogens with zero attached hydrogens (tertiary/aromatic N) is 1. The van der Waals surface area contributed by atoms with Gasteiger partial charge in [0.15, 0.2) is 11.5 Å². The average molecular weight is 286 g/mol. The summed E-state index contributed by atoms with van der Waals surface area (Å²) < 4.78 is 10.5. The second-order valence-electron chi connectivity index (χ2n) is 4.52. The first-order chi connectivity index (χ1) is 10.2. The fourth-order valence-corrected chi connectivity index (χ4v) is 2.08. The number of rotatable bonds is 5. The van der Waals surface area contributed by atoms with Crippen molar-refractivity contribution in [2.75, 3.05) is 14.2 Å². The van der Waals surface area contributed by atoms with Gasteiger partial charge in [-0.25, -0.2) is 0 Å². The number of nitrogens with one attached hydrogen (secondary N) is 1. The number of amides is 1. The van der Waals surface area contributed by atoms with E-state index in [1.54, 1.807) is 37.7 Å². The summed E-state index contributed by atoms with van der Waals surface area (Å²) in [6, 6.07) is 8.82. The molecule has 0 aliphatic heterocycles. The van der Waals surface area contributed by atoms with Crippen LogP contribution in [0.1, 0.15) is 28.9 Å². The lowest BCUT2D eigenvalue weighted by molar-refractivity contribution is 0.0936. The largest absolute Gasteiger partial charge is 0.493 e. The van der Waals surface area contributed by atoms with Crippen LogP contribution < -0.4 is 14.8 Å². The maximum Gasteiger partial charge on any atom is 0.255 e. The van der Waals surface area contributed by atoms with Crippen molar-refractivity contribution in [3.63, 3.8) is 0 Å². The van der Waals surface area contributed by atoms with Gasteiger partial charge in [-0.3, -0.25) is 9.78 Å². The van der Waals surface area contributed by atoms with Crippen LogP contribution in [0.4, 0.5) is 0 Å². The van der Waals surface area contributed by atoms with Gasteiger partial charge in [0.25, 0.3) is 5.91 Å². The van der Waals surface area contributed by atoms with E-state index in [1.807, 2.05) is 19.1 Å². The first-order valence-corrected chi connectivity index (χ1v) is 6.59. The molecule has 110 valence electrons. The van der Waals surface area contributed by atoms with Crippen molar-refractivity contribution in [2.45, 2.75) is 13.0 Å². The van der Waals surface area contributed by atoms with E-state index in [4.69, 9.17) is 9.47 Å². The van der Waals surface area contributed by atoms with E-state index in [0.29, 0.717) is 17.1 Å². The molecule has 0 saturated heterocycles. The first-order valence-electron chi connectivity index (χ1n) is 6.59. The van der Waals surface area contributed by atoms with E-state index in [0.717, 1.165) is 5.56 Å². The molecule has 5 nitrogen and oxygen atoms in total. The highest BCUT2D eigenvalue weighted by molar-refractivity contribution is 5.98. The monoisotopic (exact) mass is 286 g/mol. The van der Waals surface area contributed by atoms with Gasteiger partial charge < -0.3 is 14.8 Å². The molecule has 2 rings (SSSR count). The Balaban J connectivity index is 2.21. The summed E-state index contributed by atoms with van der Waals surface area (Å²) in [4.78, 5) is 16.4. The molecule has 0 saturated carbocycles. The van der Waals surface area contributed by atoms with Gasteiger partial charge in [0.1, 0.15) is 0 Å². The van der Waals surface area contributed by atoms with Crippen LogP contribution in [0, 0.1) is 0 Å². The highest BCUT2D eigenvalue weighted by Crippen LogP contribution is 2.30. The van der Waals surface area contributed by atoms with Crippen molar-refractivity contribution in [3.05, 3.63) is 53.9 Å². The van der Waals surface area contributed by atoms with Crippen LogP contribution in [-0.2, 0) is 0 Å². The van der Waals surface area contributed by atoms with E-state index in [9.17, 15) is 4.79 Å². The lowest BCUT2D eigenvalue weighted by atomic mass is 10.1. The van der Waals surface area contributed by atoms with E-state index in [-0.39, 0.29) is 11.9 Å². The van der Waals surface area contributed by atoms with Crippen LogP contribution in [0.2, 0.25) is 0 Å². The topological polar surface area (TPSA) is 60.5 Å². The van der Waals surface area contributed by atoms with Gasteiger partial charge in [0, 0.05) is 12.4 Å². The summed E-state index contributed by atoms with van der Waals surface area (Å²) in [7, 11) is 3.06. The number of pyridine rings is 1. The average Bonchev–Trinajstić information content (AvgIpc) is 2.54. The number of ether oxygens (including phenoxy) is 2. The highest BCUT2D eigenvalue weighted by Gasteiger charge is 2.18. The Morgan fingerprint density at radius 1 is 1.14 bits per heavy atom. The molecule has 0 fully saturated rings. The summed E-state index contributed by atoms with van der Waals surface area (Å²) in [6.45, 7) is 1.92. The molecular formula is C16H18N2O3. The minimum Gasteiger partial charge on any atom is -0.493 e. The third-order valence-electron chi connectivity index (χ3n) is 3.20. The zero-order valence-electron chi connectivity index (χ0n) is 12.3. The normalized spacial score (nSPS) is 11.6. The molecule has 1 atom stereocenters. The van der Waals surface area contributed by atoms with Crippen LogP contribution in [0.25, 0.3) is 0 Å². The van der Waals surface area contributed by atoms with Crippen LogP contribution in [0.15, 0.2) is 42.7 Å². The SMILES string of the molecule is COc1cccc(C(=O)N[C@H](C)c2ccncc2)c1OC. The third kappa shape index (κ3) is 3.31. The van der Waals surface area contributed by atoms with E-state index in [2.05, 4.69) is 10.3 Å². The highest BCUT2D eigenvalue weighted by atomic mass is 16.5. The fourth-order valence-electron chi connectivity index (χ4n) is 2.08. The van der Waals surface area contributed by atoms with Gasteiger partial charge in [-0.1, -0.05) is 6.07 Å². The van der Waals surface area contributed by atoms with Gasteiger partial charge in [-0.2, -0.15) is 0 Å². The van der Waals surface area contributed by atoms with Gasteiger partial charge >= 0.3 is 0 Å². The van der Waals surface area contributed by atoms with Crippen molar-refractivity contribution in [1.29, 1.82) is 0 Å². The Hall–Kier alpha value is -2.56. The molecule has 0 aliphatic rings. The van der Waals surface area contributed by atoms with Crippen LogP contribution in [0.5, 0.6) is 11.5 Å². The number of hydrogen-bond acceptors (Lipinski definition) is 4. The molecule has 0 radical (unpaired) electrons. The zero-order chi connectivity index (χ0) is 15.2. The Kier molecular flexibility index (Phi) is 4.77. The minimum absolute atomic E-state index is 0.128.